The highest BCUT2D eigenvalue weighted by atomic mass is 16.4. The van der Waals surface area contributed by atoms with Gasteiger partial charge in [-0.25, -0.2) is 4.79 Å². The summed E-state index contributed by atoms with van der Waals surface area (Å²) in [4.78, 5) is 242. The fraction of sp³-hybridized carbons (Fsp3) is 0.742. The van der Waals surface area contributed by atoms with E-state index in [0.717, 1.165) is 6.42 Å². The molecule has 15 amide bonds. The second-order valence-corrected chi connectivity index (χ2v) is 38.0. The quantitative estimate of drug-likeness (QED) is 0.0153. The van der Waals surface area contributed by atoms with Gasteiger partial charge >= 0.3 is 5.97 Å². The second kappa shape index (κ2) is 58.7. The standard InChI is InChI=1S/C89H157N37O17/c1-5-50(4)66(120-69(129)53(22-8-36-106-84(92)93)112-67(127)51-20-6-34-104-51)75(135)117-57(26-12-40-110-88(100)101)78(138)122-43-15-29-61(122)72(132)116-56(25-11-39-109-87(98)99)79(139)126-47-19-33-65(126)81(141)125-46-18-32-64(125)70(130)113-52(21-7-35-105-83(90)91)68(128)119-59(48-49(2)3)80(140)124-45-17-30-62(124)73(133)115-54(23-9-37-107-85(94)95)76(136)121-42-14-28-60(121)71(131)114-55(24-10-38-108-86(96)97)77(137)123-44-16-31-63(123)74(134)118-58(82(142)143)27-13-41-111-89(102)103/h49-66,104H,5-48H2,1-4H3,(H,112,127)(H,113,130)(H,114,131)(H,115,133)(H,116,132)(H,117,135)(H,118,134)(H,119,128)(H,120,129)(H,142,143)(H4,90,91,105)(H4,92,93,106)(H4,94,95,107)(H4,96,97,108)(H4,98,99,109)(H4,100,101,110)(H4,102,103,111)/t50-,51-,52-,53-,54-,55-,56-,57-,58-,59-,60-,61-,62-,63-,64-,65-,66-/m0/s1. The molecule has 0 spiro atoms. The van der Waals surface area contributed by atoms with Crippen molar-refractivity contribution in [2.24, 2.45) is 52.0 Å². The molecule has 17 atom stereocenters. The Kier molecular flexibility index (Phi) is 47.7. The molecule has 0 saturated carbocycles. The van der Waals surface area contributed by atoms with E-state index in [1.807, 2.05) is 0 Å². The summed E-state index contributed by atoms with van der Waals surface area (Å²) in [5.41, 5.74) is 39.0. The monoisotopic (exact) mass is 2020 g/mol. The van der Waals surface area contributed by atoms with Crippen molar-refractivity contribution in [2.75, 3.05) is 91.6 Å². The van der Waals surface area contributed by atoms with Crippen LogP contribution in [-0.4, -0.2) is 359 Å². The fourth-order valence-electron chi connectivity index (χ4n) is 19.2. The molecule has 0 radical (unpaired) electrons. The Labute approximate surface area is 832 Å². The topological polar surface area (TPSA) is 866 Å². The average Bonchev–Trinajstić information content (AvgIpc) is 1.07. The Bertz CT molecular complexity index is 4470. The van der Waals surface area contributed by atoms with Crippen molar-refractivity contribution in [3.8, 4) is 0 Å². The van der Waals surface area contributed by atoms with E-state index in [1.165, 1.54) is 29.4 Å². The molecule has 7 heterocycles. The fourth-order valence-corrected chi connectivity index (χ4v) is 19.2. The molecular weight excluding hydrogens is 1860 g/mol. The van der Waals surface area contributed by atoms with Gasteiger partial charge in [-0.3, -0.25) is 110 Å². The van der Waals surface area contributed by atoms with Gasteiger partial charge in [0.1, 0.15) is 90.6 Å². The predicted molar refractivity (Wildman–Crippen MR) is 527 cm³/mol. The smallest absolute Gasteiger partial charge is 0.326 e. The largest absolute Gasteiger partial charge is 0.480 e. The van der Waals surface area contributed by atoms with E-state index in [0.29, 0.717) is 64.3 Å². The molecule has 7 aliphatic rings. The zero-order valence-electron chi connectivity index (χ0n) is 82.7. The van der Waals surface area contributed by atoms with Gasteiger partial charge in [0, 0.05) is 85.1 Å². The summed E-state index contributed by atoms with van der Waals surface area (Å²) in [5.74, 6) is -15.0. The maximum atomic E-state index is 15.3. The summed E-state index contributed by atoms with van der Waals surface area (Å²) >= 11 is 0. The first-order chi connectivity index (χ1) is 68.0. The zero-order valence-corrected chi connectivity index (χ0v) is 82.7. The molecule has 7 saturated heterocycles. The first-order valence-corrected chi connectivity index (χ1v) is 50.1. The predicted octanol–water partition coefficient (Wildman–Crippen LogP) is -7.93. The van der Waals surface area contributed by atoms with Crippen LogP contribution in [0.2, 0.25) is 0 Å². The Balaban J connectivity index is 1.06. The molecule has 7 fully saturated rings. The first kappa shape index (κ1) is 116. The lowest BCUT2D eigenvalue weighted by atomic mass is 9.96. The molecule has 0 aromatic rings. The Morgan fingerprint density at radius 3 is 0.860 bits per heavy atom. The van der Waals surface area contributed by atoms with Crippen LogP contribution in [0.5, 0.6) is 0 Å². The Hall–Kier alpha value is -13.6. The van der Waals surface area contributed by atoms with E-state index in [4.69, 9.17) is 78.0 Å². The number of likely N-dealkylation sites (tertiary alicyclic amines) is 6. The van der Waals surface area contributed by atoms with Crippen molar-refractivity contribution in [1.29, 1.82) is 37.9 Å². The number of carbonyl (C=O) groups excluding carboxylic acids is 15. The zero-order chi connectivity index (χ0) is 105. The third-order valence-electron chi connectivity index (χ3n) is 26.7. The number of carbonyl (C=O) groups is 16. The van der Waals surface area contributed by atoms with Gasteiger partial charge in [-0.1, -0.05) is 34.1 Å². The molecular formula is C89H157N37O17. The summed E-state index contributed by atoms with van der Waals surface area (Å²) < 4.78 is 0. The number of nitrogens with one attached hydrogen (secondary N) is 24. The van der Waals surface area contributed by atoms with Gasteiger partial charge in [0.05, 0.1) is 6.04 Å². The summed E-state index contributed by atoms with van der Waals surface area (Å²) in [7, 11) is 0. The molecule has 39 N–H and O–H groups in total. The molecule has 54 heteroatoms. The average molecular weight is 2020 g/mol. The highest BCUT2D eigenvalue weighted by molar-refractivity contribution is 6.02. The van der Waals surface area contributed by atoms with Crippen LogP contribution in [0.15, 0.2) is 0 Å². The van der Waals surface area contributed by atoms with Gasteiger partial charge in [-0.2, -0.15) is 0 Å². The van der Waals surface area contributed by atoms with Crippen molar-refractivity contribution in [1.82, 2.24) is 120 Å². The number of hydrogen-bond donors (Lipinski definition) is 32. The lowest BCUT2D eigenvalue weighted by molar-refractivity contribution is -0.148. The molecule has 0 aliphatic carbocycles. The SMILES string of the molecule is CC[C@H](C)[C@H](NC(=O)[C@H](CCCNC(=N)N)NC(=O)[C@@H]1CCCN1)C(=O)N[C@@H](CCCNC(=N)N)C(=O)N1CCC[C@H]1C(=O)N[C@@H](CCCNC(=N)N)C(=O)N1CCC[C@H]1C(=O)N1CCC[C@H]1C(=O)N[C@@H](CCCNC(=N)N)C(=O)N[C@@H](CC(C)C)C(=O)N1CCC[C@H]1C(=O)N[C@@H](CCCNC(=N)N)C(=O)N1CCC[C@H]1C(=O)N[C@@H](CCCNC(=N)N)C(=O)N1CCC[C@H]1C(=O)N[C@@H](CCCNC(=N)N)C(=O)O. The first-order valence-electron chi connectivity index (χ1n) is 50.1. The lowest BCUT2D eigenvalue weighted by Gasteiger charge is -2.34. The van der Waals surface area contributed by atoms with Gasteiger partial charge in [0.15, 0.2) is 41.7 Å². The molecule has 54 nitrogen and oxygen atoms in total. The second-order valence-electron chi connectivity index (χ2n) is 38.0. The van der Waals surface area contributed by atoms with E-state index in [2.05, 4.69) is 90.4 Å². The maximum absolute atomic E-state index is 15.3. The minimum absolute atomic E-state index is 0.0156. The normalized spacial score (nSPS) is 20.7. The van der Waals surface area contributed by atoms with Crippen LogP contribution in [-0.2, 0) is 76.7 Å². The lowest BCUT2D eigenvalue weighted by Crippen LogP contribution is -2.61. The van der Waals surface area contributed by atoms with Gasteiger partial charge in [0.25, 0.3) is 0 Å². The maximum Gasteiger partial charge on any atom is 0.326 e. The van der Waals surface area contributed by atoms with E-state index in [9.17, 15) is 38.7 Å². The Morgan fingerprint density at radius 2 is 0.559 bits per heavy atom. The molecule has 0 bridgehead atoms. The summed E-state index contributed by atoms with van der Waals surface area (Å²) in [5, 5.41) is 111. The number of nitrogens with zero attached hydrogens (tertiary/aromatic N) is 6. The minimum atomic E-state index is -1.41. The molecule has 0 unspecified atom stereocenters. The number of carboxylic acid groups (broad SMARTS) is 1. The van der Waals surface area contributed by atoms with Crippen LogP contribution in [0, 0.1) is 49.7 Å². The van der Waals surface area contributed by atoms with Gasteiger partial charge in [0.2, 0.25) is 88.6 Å². The van der Waals surface area contributed by atoms with Crippen molar-refractivity contribution in [3.05, 3.63) is 0 Å². The number of aliphatic carboxylic acids is 1. The number of rotatable bonds is 57. The number of guanidine groups is 7. The highest BCUT2D eigenvalue weighted by Gasteiger charge is 2.49. The van der Waals surface area contributed by atoms with Crippen LogP contribution in [0.25, 0.3) is 0 Å². The van der Waals surface area contributed by atoms with Crippen molar-refractivity contribution < 1.29 is 81.8 Å². The highest BCUT2D eigenvalue weighted by Crippen LogP contribution is 2.31. The van der Waals surface area contributed by atoms with Gasteiger partial charge < -0.3 is 165 Å². The number of hydrogen-bond acceptors (Lipinski definition) is 24. The molecule has 800 valence electrons. The molecule has 7 rings (SSSR count). The molecule has 143 heavy (non-hydrogen) atoms. The summed E-state index contributed by atoms with van der Waals surface area (Å²) in [6.07, 6.45) is 5.29. The molecule has 0 aromatic carbocycles. The van der Waals surface area contributed by atoms with E-state index >= 15 is 43.2 Å². The van der Waals surface area contributed by atoms with Crippen LogP contribution >= 0.6 is 0 Å². The van der Waals surface area contributed by atoms with E-state index in [-0.39, 0.29) is 261 Å². The van der Waals surface area contributed by atoms with Gasteiger partial charge in [-0.05, 0) is 205 Å². The van der Waals surface area contributed by atoms with Crippen LogP contribution in [0.3, 0.4) is 0 Å². The van der Waals surface area contributed by atoms with Crippen molar-refractivity contribution in [3.63, 3.8) is 0 Å². The van der Waals surface area contributed by atoms with E-state index in [1.54, 1.807) is 27.7 Å². The van der Waals surface area contributed by atoms with Gasteiger partial charge in [-0.15, -0.1) is 0 Å². The summed E-state index contributed by atoms with van der Waals surface area (Å²) in [6.45, 7) is 8.75. The van der Waals surface area contributed by atoms with Crippen LogP contribution in [0.1, 0.15) is 220 Å². The Morgan fingerprint density at radius 1 is 0.308 bits per heavy atom. The third-order valence-corrected chi connectivity index (χ3v) is 26.7. The summed E-state index contributed by atoms with van der Waals surface area (Å²) in [6, 6.07) is -19.5. The van der Waals surface area contributed by atoms with Crippen molar-refractivity contribution in [2.45, 2.75) is 317 Å². The molecule has 7 aliphatic heterocycles. The van der Waals surface area contributed by atoms with Crippen LogP contribution in [0.4, 0.5) is 0 Å². The van der Waals surface area contributed by atoms with Crippen molar-refractivity contribution >= 4 is 136 Å². The minimum Gasteiger partial charge on any atom is -0.480 e. The van der Waals surface area contributed by atoms with E-state index < -0.39 is 197 Å². The number of nitrogens with two attached hydrogens (primary N) is 7. The number of amides is 15. The third kappa shape index (κ3) is 36.7. The number of carboxylic acids is 1. The van der Waals surface area contributed by atoms with Crippen LogP contribution < -0.4 is 131 Å². The molecule has 0 aromatic heterocycles.